The van der Waals surface area contributed by atoms with Crippen molar-refractivity contribution < 1.29 is 13.6 Å². The van der Waals surface area contributed by atoms with Crippen molar-refractivity contribution in [3.8, 4) is 11.8 Å². The molecule has 6 nitrogen and oxygen atoms in total. The number of rotatable bonds is 9. The summed E-state index contributed by atoms with van der Waals surface area (Å²) in [6.07, 6.45) is 4.28. The van der Waals surface area contributed by atoms with E-state index in [2.05, 4.69) is 23.7 Å². The molecule has 1 atom stereocenters. The van der Waals surface area contributed by atoms with E-state index in [0.717, 1.165) is 58.0 Å². The minimum Gasteiger partial charge on any atom is -0.755 e. The van der Waals surface area contributed by atoms with Crippen LogP contribution in [0.25, 0.3) is 11.0 Å². The molecule has 1 unspecified atom stereocenters. The predicted molar refractivity (Wildman–Crippen MR) is 136 cm³/mol. The first-order chi connectivity index (χ1) is 16.3. The van der Waals surface area contributed by atoms with Gasteiger partial charge in [-0.1, -0.05) is 56.2 Å². The lowest BCUT2D eigenvalue weighted by Crippen LogP contribution is -2.33. The van der Waals surface area contributed by atoms with E-state index in [1.807, 2.05) is 36.6 Å². The number of halogens is 1. The van der Waals surface area contributed by atoms with Crippen LogP contribution in [-0.2, 0) is 17.8 Å². The summed E-state index contributed by atoms with van der Waals surface area (Å²) in [6, 6.07) is 10.8. The molecule has 0 N–H and O–H groups in total. The Morgan fingerprint density at radius 3 is 2.65 bits per heavy atom. The Labute approximate surface area is 208 Å². The first-order valence-electron chi connectivity index (χ1n) is 11.5. The van der Waals surface area contributed by atoms with Gasteiger partial charge in [0.15, 0.2) is 0 Å². The Bertz CT molecular complexity index is 1260. The fraction of sp³-hybridized carbons (Fsp3) is 0.385. The van der Waals surface area contributed by atoms with E-state index in [1.165, 1.54) is 0 Å². The number of benzene rings is 2. The zero-order valence-electron chi connectivity index (χ0n) is 19.8. The normalized spacial score (nSPS) is 11.8. The van der Waals surface area contributed by atoms with E-state index < -0.39 is 17.2 Å². The van der Waals surface area contributed by atoms with Gasteiger partial charge in [-0.15, -0.1) is 0 Å². The lowest BCUT2D eigenvalue weighted by Gasteiger charge is -2.24. The minimum atomic E-state index is -2.63. The van der Waals surface area contributed by atoms with Gasteiger partial charge in [0, 0.05) is 40.4 Å². The van der Waals surface area contributed by atoms with E-state index in [1.54, 1.807) is 18.2 Å². The average Bonchev–Trinajstić information content (AvgIpc) is 3.12. The maximum atomic E-state index is 13.0. The van der Waals surface area contributed by atoms with Crippen LogP contribution < -0.4 is 0 Å². The van der Waals surface area contributed by atoms with Crippen molar-refractivity contribution >= 4 is 39.8 Å². The third-order valence-corrected chi connectivity index (χ3v) is 6.61. The van der Waals surface area contributed by atoms with Crippen molar-refractivity contribution in [3.05, 3.63) is 63.9 Å². The maximum absolute atomic E-state index is 13.0. The first kappa shape index (κ1) is 26.0. The summed E-state index contributed by atoms with van der Waals surface area (Å²) in [7, 11) is 0. The summed E-state index contributed by atoms with van der Waals surface area (Å²) in [5, 5.41) is 0.612. The number of nitrogens with zero attached hydrogens (tertiary/aromatic N) is 3. The van der Waals surface area contributed by atoms with E-state index in [4.69, 9.17) is 11.6 Å². The summed E-state index contributed by atoms with van der Waals surface area (Å²) >= 11 is 3.92. The molecule has 0 radical (unpaired) electrons. The van der Waals surface area contributed by atoms with Crippen LogP contribution in [0.4, 0.5) is 0 Å². The van der Waals surface area contributed by atoms with Crippen molar-refractivity contribution in [2.45, 2.75) is 59.4 Å². The number of hydrogen-bond acceptors (Lipinski definition) is 4. The average molecular weight is 499 g/mol. The smallest absolute Gasteiger partial charge is 0.264 e. The van der Waals surface area contributed by atoms with Crippen LogP contribution >= 0.6 is 11.6 Å². The third-order valence-electron chi connectivity index (χ3n) is 5.55. The Kier molecular flexibility index (Phi) is 9.28. The predicted octanol–water partition coefficient (Wildman–Crippen LogP) is 5.62. The van der Waals surface area contributed by atoms with E-state index >= 15 is 0 Å². The van der Waals surface area contributed by atoms with Crippen LogP contribution in [0.5, 0.6) is 0 Å². The van der Waals surface area contributed by atoms with Gasteiger partial charge in [-0.3, -0.25) is 13.3 Å². The Morgan fingerprint density at radius 2 is 1.97 bits per heavy atom. The van der Waals surface area contributed by atoms with Crippen LogP contribution in [0.15, 0.2) is 36.4 Å². The quantitative estimate of drug-likeness (QED) is 0.218. The number of aromatic nitrogens is 2. The number of amides is 1. The molecule has 0 aliphatic heterocycles. The number of carbonyl (C=O) groups excluding carboxylic acids is 1. The highest BCUT2D eigenvalue weighted by Crippen LogP contribution is 2.24. The molecule has 0 aliphatic carbocycles. The van der Waals surface area contributed by atoms with E-state index in [0.29, 0.717) is 23.6 Å². The molecule has 2 aromatic carbocycles. The molecule has 0 bridgehead atoms. The fourth-order valence-corrected chi connectivity index (χ4v) is 4.44. The summed E-state index contributed by atoms with van der Waals surface area (Å²) in [5.74, 6) is 6.48. The van der Waals surface area contributed by atoms with Gasteiger partial charge in [0.2, 0.25) is 0 Å². The van der Waals surface area contributed by atoms with Gasteiger partial charge in [0.25, 0.3) is 5.91 Å². The first-order valence-corrected chi connectivity index (χ1v) is 12.9. The molecule has 3 rings (SSSR count). The molecule has 0 spiro atoms. The highest BCUT2D eigenvalue weighted by molar-refractivity contribution is 7.77. The molecule has 180 valence electrons. The van der Waals surface area contributed by atoms with Crippen molar-refractivity contribution in [1.29, 1.82) is 0 Å². The molecule has 0 saturated heterocycles. The molecule has 1 aromatic heterocycles. The van der Waals surface area contributed by atoms with Crippen LogP contribution in [0.2, 0.25) is 5.02 Å². The highest BCUT2D eigenvalue weighted by Gasteiger charge is 2.19. The van der Waals surface area contributed by atoms with Crippen molar-refractivity contribution in [1.82, 2.24) is 13.9 Å². The molecule has 34 heavy (non-hydrogen) atoms. The molecule has 3 aromatic rings. The number of carbonyl (C=O) groups is 1. The second-order valence-corrected chi connectivity index (χ2v) is 9.42. The molecule has 1 amide bonds. The van der Waals surface area contributed by atoms with Gasteiger partial charge in [-0.2, -0.15) is 0 Å². The molecule has 0 saturated carbocycles. The second-order valence-electron chi connectivity index (χ2n) is 8.14. The number of unbranched alkanes of at least 4 members (excludes halogenated alkanes) is 3. The summed E-state index contributed by atoms with van der Waals surface area (Å²) in [5.41, 5.74) is 3.56. The minimum absolute atomic E-state index is 0.169. The van der Waals surface area contributed by atoms with Gasteiger partial charge >= 0.3 is 0 Å². The lowest BCUT2D eigenvalue weighted by molar-refractivity contribution is 0.0857. The van der Waals surface area contributed by atoms with Gasteiger partial charge < -0.3 is 9.12 Å². The molecule has 0 fully saturated rings. The highest BCUT2D eigenvalue weighted by atomic mass is 35.5. The SMILES string of the molecule is CCCC#Cc1ccc(Cn2c(C)nc3ccc(C(=O)N(CCCCC)S(=O)[O-])cc32)c(Cl)c1. The van der Waals surface area contributed by atoms with Crippen LogP contribution in [0.3, 0.4) is 0 Å². The largest absolute Gasteiger partial charge is 0.755 e. The molecule has 8 heteroatoms. The van der Waals surface area contributed by atoms with Crippen LogP contribution in [0.1, 0.15) is 73.3 Å². The molecule has 1 heterocycles. The van der Waals surface area contributed by atoms with E-state index in [-0.39, 0.29) is 6.54 Å². The molecular formula is C26H29ClN3O3S-. The fourth-order valence-electron chi connectivity index (χ4n) is 3.68. The van der Waals surface area contributed by atoms with Crippen molar-refractivity contribution in [3.63, 3.8) is 0 Å². The third kappa shape index (κ3) is 6.26. The maximum Gasteiger partial charge on any atom is 0.264 e. The van der Waals surface area contributed by atoms with Crippen LogP contribution in [-0.4, -0.2) is 35.1 Å². The van der Waals surface area contributed by atoms with Gasteiger partial charge in [-0.05, 0) is 55.7 Å². The van der Waals surface area contributed by atoms with Gasteiger partial charge in [0.1, 0.15) is 5.82 Å². The molecular weight excluding hydrogens is 470 g/mol. The number of aryl methyl sites for hydroxylation is 1. The second kappa shape index (κ2) is 12.2. The zero-order valence-corrected chi connectivity index (χ0v) is 21.3. The monoisotopic (exact) mass is 498 g/mol. The van der Waals surface area contributed by atoms with Crippen molar-refractivity contribution in [2.75, 3.05) is 6.54 Å². The van der Waals surface area contributed by atoms with E-state index in [9.17, 15) is 13.6 Å². The van der Waals surface area contributed by atoms with Crippen molar-refractivity contribution in [2.24, 2.45) is 0 Å². The number of fused-ring (bicyclic) bond motifs is 1. The summed E-state index contributed by atoms with van der Waals surface area (Å²) in [6.45, 7) is 6.64. The van der Waals surface area contributed by atoms with Crippen LogP contribution in [0, 0.1) is 18.8 Å². The zero-order chi connectivity index (χ0) is 24.7. The summed E-state index contributed by atoms with van der Waals surface area (Å²) in [4.78, 5) is 17.6. The Hall–Kier alpha value is -2.66. The topological polar surface area (TPSA) is 78.3 Å². The number of imidazole rings is 1. The van der Waals surface area contributed by atoms with Gasteiger partial charge in [-0.25, -0.2) is 4.98 Å². The Balaban J connectivity index is 1.91. The lowest BCUT2D eigenvalue weighted by atomic mass is 10.1. The summed E-state index contributed by atoms with van der Waals surface area (Å²) < 4.78 is 26.3. The standard InChI is InChI=1S/C26H30ClN3O3S/c1-4-6-8-10-20-11-12-22(23(27)16-20)18-29-19(3)28-24-14-13-21(17-25(24)29)26(31)30(34(32)33)15-9-7-5-2/h11-14,16-17H,4-7,9,15,18H2,1-3H3,(H,32,33)/p-1. The van der Waals surface area contributed by atoms with Gasteiger partial charge in [0.05, 0.1) is 17.6 Å². The number of hydrogen-bond donors (Lipinski definition) is 0. The molecule has 0 aliphatic rings. The Morgan fingerprint density at radius 1 is 1.18 bits per heavy atom.